The van der Waals surface area contributed by atoms with E-state index >= 15 is 0 Å². The maximum atomic E-state index is 13.8. The van der Waals surface area contributed by atoms with Gasteiger partial charge in [-0.05, 0) is 48.9 Å². The van der Waals surface area contributed by atoms with Crippen LogP contribution in [-0.2, 0) is 16.2 Å². The zero-order valence-electron chi connectivity index (χ0n) is 18.7. The smallest absolute Gasteiger partial charge is 0.329 e. The first kappa shape index (κ1) is 24.2. The normalized spacial score (nSPS) is 14.3. The third-order valence-electron chi connectivity index (χ3n) is 5.20. The van der Waals surface area contributed by atoms with Crippen LogP contribution in [0.15, 0.2) is 76.9 Å². The third kappa shape index (κ3) is 5.93. The molecular weight excluding hydrogens is 517 g/mol. The molecule has 178 valence electrons. The highest BCUT2D eigenvalue weighted by molar-refractivity contribution is 9.10. The SMILES string of the molecule is Cc1ccc(COc2ccc(Br)cc2/C=C2/NC(=O)N(CC(=O)Nc3ccccc3F)C2=O)cc1. The standard InChI is InChI=1S/C26H21BrFN3O4/c1-16-6-8-17(9-7-16)15-35-23-11-10-19(27)12-18(23)13-22-25(33)31(26(34)30-22)14-24(32)29-21-5-3-2-4-20(21)28/h2-13H,14-15H2,1H3,(H,29,32)(H,30,34)/b22-13+. The van der Waals surface area contributed by atoms with Crippen molar-refractivity contribution in [3.8, 4) is 5.75 Å². The quantitative estimate of drug-likeness (QED) is 0.327. The summed E-state index contributed by atoms with van der Waals surface area (Å²) in [7, 11) is 0. The summed E-state index contributed by atoms with van der Waals surface area (Å²) in [5.41, 5.74) is 2.64. The summed E-state index contributed by atoms with van der Waals surface area (Å²) < 4.78 is 20.5. The van der Waals surface area contributed by atoms with Crippen LogP contribution in [-0.4, -0.2) is 29.3 Å². The van der Waals surface area contributed by atoms with Crippen molar-refractivity contribution in [3.05, 3.63) is 99.4 Å². The van der Waals surface area contributed by atoms with Crippen molar-refractivity contribution >= 4 is 45.5 Å². The van der Waals surface area contributed by atoms with Crippen LogP contribution >= 0.6 is 15.9 Å². The molecule has 0 bridgehead atoms. The van der Waals surface area contributed by atoms with Crippen LogP contribution < -0.4 is 15.4 Å². The summed E-state index contributed by atoms with van der Waals surface area (Å²) >= 11 is 3.41. The molecular formula is C26H21BrFN3O4. The molecule has 3 aromatic rings. The average molecular weight is 538 g/mol. The number of halogens is 2. The number of urea groups is 1. The van der Waals surface area contributed by atoms with Gasteiger partial charge >= 0.3 is 6.03 Å². The van der Waals surface area contributed by atoms with E-state index in [1.165, 1.54) is 24.3 Å². The second-order valence-corrected chi connectivity index (χ2v) is 8.78. The largest absolute Gasteiger partial charge is 0.488 e. The number of carbonyl (C=O) groups excluding carboxylic acids is 3. The lowest BCUT2D eigenvalue weighted by Gasteiger charge is -2.12. The molecule has 2 N–H and O–H groups in total. The van der Waals surface area contributed by atoms with Crippen molar-refractivity contribution in [2.24, 2.45) is 0 Å². The number of ether oxygens (including phenoxy) is 1. The van der Waals surface area contributed by atoms with Crippen LogP contribution in [0.1, 0.15) is 16.7 Å². The van der Waals surface area contributed by atoms with Crippen LogP contribution in [0.25, 0.3) is 6.08 Å². The maximum Gasteiger partial charge on any atom is 0.329 e. The van der Waals surface area contributed by atoms with Crippen molar-refractivity contribution in [3.63, 3.8) is 0 Å². The molecule has 3 aromatic carbocycles. The Balaban J connectivity index is 1.48. The fraction of sp³-hybridized carbons (Fsp3) is 0.115. The lowest BCUT2D eigenvalue weighted by Crippen LogP contribution is -2.38. The van der Waals surface area contributed by atoms with Gasteiger partial charge in [0, 0.05) is 10.0 Å². The summed E-state index contributed by atoms with van der Waals surface area (Å²) in [6.45, 7) is 1.76. The number of carbonyl (C=O) groups is 3. The molecule has 0 aliphatic carbocycles. The first-order chi connectivity index (χ1) is 16.8. The number of hydrogen-bond acceptors (Lipinski definition) is 4. The van der Waals surface area contributed by atoms with Gasteiger partial charge in [0.15, 0.2) is 0 Å². The molecule has 7 nitrogen and oxygen atoms in total. The lowest BCUT2D eigenvalue weighted by molar-refractivity contribution is -0.127. The molecule has 1 aliphatic heterocycles. The lowest BCUT2D eigenvalue weighted by atomic mass is 10.1. The van der Waals surface area contributed by atoms with Crippen molar-refractivity contribution in [2.75, 3.05) is 11.9 Å². The van der Waals surface area contributed by atoms with Gasteiger partial charge < -0.3 is 15.4 Å². The van der Waals surface area contributed by atoms with Gasteiger partial charge in [-0.1, -0.05) is 57.9 Å². The van der Waals surface area contributed by atoms with Crippen molar-refractivity contribution in [1.82, 2.24) is 10.2 Å². The topological polar surface area (TPSA) is 87.7 Å². The number of amides is 4. The molecule has 1 fully saturated rings. The van der Waals surface area contributed by atoms with E-state index in [0.717, 1.165) is 20.5 Å². The Morgan fingerprint density at radius 3 is 2.60 bits per heavy atom. The van der Waals surface area contributed by atoms with Gasteiger partial charge in [0.2, 0.25) is 5.91 Å². The average Bonchev–Trinajstić information content (AvgIpc) is 3.08. The molecule has 4 rings (SSSR count). The molecule has 1 aliphatic rings. The highest BCUT2D eigenvalue weighted by Gasteiger charge is 2.35. The van der Waals surface area contributed by atoms with Crippen molar-refractivity contribution < 1.29 is 23.5 Å². The number of benzene rings is 3. The highest BCUT2D eigenvalue weighted by Crippen LogP contribution is 2.27. The fourth-order valence-electron chi connectivity index (χ4n) is 3.38. The minimum Gasteiger partial charge on any atom is -0.488 e. The molecule has 1 heterocycles. The number of anilines is 1. The molecule has 0 radical (unpaired) electrons. The molecule has 0 saturated carbocycles. The van der Waals surface area contributed by atoms with Gasteiger partial charge in [-0.2, -0.15) is 0 Å². The molecule has 4 amide bonds. The van der Waals surface area contributed by atoms with E-state index < -0.39 is 30.2 Å². The summed E-state index contributed by atoms with van der Waals surface area (Å²) in [6.07, 6.45) is 1.49. The number of nitrogens with one attached hydrogen (secondary N) is 2. The van der Waals surface area contributed by atoms with E-state index in [1.807, 2.05) is 31.2 Å². The number of hydrogen-bond donors (Lipinski definition) is 2. The molecule has 1 saturated heterocycles. The van der Waals surface area contributed by atoms with E-state index in [4.69, 9.17) is 4.74 Å². The monoisotopic (exact) mass is 537 g/mol. The van der Waals surface area contributed by atoms with E-state index in [1.54, 1.807) is 24.3 Å². The number of imide groups is 1. The van der Waals surface area contributed by atoms with E-state index in [-0.39, 0.29) is 11.4 Å². The Bertz CT molecular complexity index is 1320. The molecule has 9 heteroatoms. The van der Waals surface area contributed by atoms with E-state index in [2.05, 4.69) is 26.6 Å². The van der Waals surface area contributed by atoms with E-state index in [9.17, 15) is 18.8 Å². The van der Waals surface area contributed by atoms with Gasteiger partial charge in [-0.15, -0.1) is 0 Å². The van der Waals surface area contributed by atoms with Gasteiger partial charge in [0.05, 0.1) is 5.69 Å². The Morgan fingerprint density at radius 2 is 1.86 bits per heavy atom. The van der Waals surface area contributed by atoms with Crippen LogP contribution in [0, 0.1) is 12.7 Å². The van der Waals surface area contributed by atoms with E-state index in [0.29, 0.717) is 17.9 Å². The Labute approximate surface area is 209 Å². The minimum absolute atomic E-state index is 0.00743. The summed E-state index contributed by atoms with van der Waals surface area (Å²) in [4.78, 5) is 38.3. The molecule has 0 atom stereocenters. The number of aryl methyl sites for hydroxylation is 1. The third-order valence-corrected chi connectivity index (χ3v) is 5.69. The fourth-order valence-corrected chi connectivity index (χ4v) is 3.75. The maximum absolute atomic E-state index is 13.8. The molecule has 35 heavy (non-hydrogen) atoms. The van der Waals surface area contributed by atoms with Gasteiger partial charge in [-0.25, -0.2) is 14.1 Å². The zero-order chi connectivity index (χ0) is 24.9. The molecule has 0 spiro atoms. The van der Waals surface area contributed by atoms with Crippen LogP contribution in [0.4, 0.5) is 14.9 Å². The predicted octanol–water partition coefficient (Wildman–Crippen LogP) is 5.01. The zero-order valence-corrected chi connectivity index (χ0v) is 20.3. The number of nitrogens with zero attached hydrogens (tertiary/aromatic N) is 1. The van der Waals surface area contributed by atoms with Crippen molar-refractivity contribution in [2.45, 2.75) is 13.5 Å². The van der Waals surface area contributed by atoms with Crippen molar-refractivity contribution in [1.29, 1.82) is 0 Å². The number of rotatable bonds is 7. The molecule has 0 unspecified atom stereocenters. The van der Waals surface area contributed by atoms with Gasteiger partial charge in [-0.3, -0.25) is 9.59 Å². The summed E-state index contributed by atoms with van der Waals surface area (Å²) in [6, 6.07) is 18.1. The molecule has 0 aromatic heterocycles. The first-order valence-corrected chi connectivity index (χ1v) is 11.5. The van der Waals surface area contributed by atoms with Crippen LogP contribution in [0.2, 0.25) is 0 Å². The first-order valence-electron chi connectivity index (χ1n) is 10.7. The second kappa shape index (κ2) is 10.5. The Hall–Kier alpha value is -3.98. The van der Waals surface area contributed by atoms with Crippen LogP contribution in [0.5, 0.6) is 5.75 Å². The Kier molecular flexibility index (Phi) is 7.26. The van der Waals surface area contributed by atoms with Gasteiger partial charge in [0.25, 0.3) is 5.91 Å². The Morgan fingerprint density at radius 1 is 1.11 bits per heavy atom. The minimum atomic E-state index is -0.748. The predicted molar refractivity (Wildman–Crippen MR) is 133 cm³/mol. The number of para-hydroxylation sites is 1. The second-order valence-electron chi connectivity index (χ2n) is 7.86. The highest BCUT2D eigenvalue weighted by atomic mass is 79.9. The van der Waals surface area contributed by atoms with Crippen LogP contribution in [0.3, 0.4) is 0 Å². The van der Waals surface area contributed by atoms with Gasteiger partial charge in [0.1, 0.15) is 30.4 Å². The summed E-state index contributed by atoms with van der Waals surface area (Å²) in [5.74, 6) is -1.49. The summed E-state index contributed by atoms with van der Waals surface area (Å²) in [5, 5.41) is 4.84.